The van der Waals surface area contributed by atoms with Gasteiger partial charge in [-0.3, -0.25) is 19.1 Å². The van der Waals surface area contributed by atoms with Gasteiger partial charge in [0.05, 0.1) is 30.7 Å². The zero-order valence-corrected chi connectivity index (χ0v) is 14.5. The smallest absolute Gasteiger partial charge is 0.341 e. The van der Waals surface area contributed by atoms with Gasteiger partial charge in [0, 0.05) is 12.3 Å². The summed E-state index contributed by atoms with van der Waals surface area (Å²) in [6.07, 6.45) is 0.590. The number of carbonyl (C=O) groups excluding carboxylic acids is 1. The number of pyridine rings is 3. The lowest BCUT2D eigenvalue weighted by Crippen LogP contribution is -2.27. The highest BCUT2D eigenvalue weighted by atomic mass is 19.1. The number of halogens is 2. The van der Waals surface area contributed by atoms with Crippen LogP contribution < -0.4 is 10.3 Å². The first kappa shape index (κ1) is 18.6. The number of rotatable bonds is 3. The van der Waals surface area contributed by atoms with Crippen molar-refractivity contribution in [2.24, 2.45) is 0 Å². The maximum Gasteiger partial charge on any atom is 0.341 e. The van der Waals surface area contributed by atoms with Crippen molar-refractivity contribution < 1.29 is 28.6 Å². The summed E-state index contributed by atoms with van der Waals surface area (Å²) in [5.41, 5.74) is -1.70. The van der Waals surface area contributed by atoms with E-state index >= 15 is 0 Å². The molecule has 0 saturated carbocycles. The second kappa shape index (κ2) is 6.71. The molecule has 1 atom stereocenters. The molecule has 1 saturated heterocycles. The SMILES string of the molecule is O=C(O)c1cn(-c2ncc(F)cc2F)c2nc(N3C[C@@H](O)CC3=O)ccc2c1=O. The van der Waals surface area contributed by atoms with Gasteiger partial charge in [0.1, 0.15) is 17.2 Å². The number of aliphatic hydroxyl groups is 1. The second-order valence-corrected chi connectivity index (χ2v) is 6.41. The van der Waals surface area contributed by atoms with E-state index in [2.05, 4.69) is 9.97 Å². The van der Waals surface area contributed by atoms with Crippen LogP contribution in [0.3, 0.4) is 0 Å². The van der Waals surface area contributed by atoms with Gasteiger partial charge in [-0.1, -0.05) is 0 Å². The van der Waals surface area contributed by atoms with Crippen LogP contribution in [-0.2, 0) is 4.79 Å². The maximum atomic E-state index is 14.3. The Morgan fingerprint density at radius 3 is 2.62 bits per heavy atom. The van der Waals surface area contributed by atoms with Crippen LogP contribution in [0.5, 0.6) is 0 Å². The topological polar surface area (TPSA) is 126 Å². The minimum atomic E-state index is -1.55. The molecule has 1 aliphatic rings. The van der Waals surface area contributed by atoms with Crippen LogP contribution in [0.4, 0.5) is 14.6 Å². The minimum Gasteiger partial charge on any atom is -0.477 e. The van der Waals surface area contributed by atoms with E-state index in [0.717, 1.165) is 17.0 Å². The number of carboxylic acid groups (broad SMARTS) is 1. The monoisotopic (exact) mass is 402 g/mol. The lowest BCUT2D eigenvalue weighted by Gasteiger charge is -2.17. The predicted molar refractivity (Wildman–Crippen MR) is 95.0 cm³/mol. The standard InChI is InChI=1S/C18H12F2N4O5/c19-8-3-12(20)17(21-5-8)24-7-11(18(28)29)15(27)10-1-2-13(22-16(10)24)23-6-9(25)4-14(23)26/h1-3,5,7,9,25H,4,6H2,(H,28,29)/t9-/m0/s1. The number of hydrogen-bond acceptors (Lipinski definition) is 6. The normalized spacial score (nSPS) is 16.6. The van der Waals surface area contributed by atoms with Gasteiger partial charge in [0.25, 0.3) is 0 Å². The molecule has 0 bridgehead atoms. The summed E-state index contributed by atoms with van der Waals surface area (Å²) in [4.78, 5) is 45.1. The first-order valence-corrected chi connectivity index (χ1v) is 8.36. The Morgan fingerprint density at radius 2 is 2.00 bits per heavy atom. The van der Waals surface area contributed by atoms with E-state index in [1.54, 1.807) is 0 Å². The van der Waals surface area contributed by atoms with Crippen molar-refractivity contribution in [3.63, 3.8) is 0 Å². The minimum absolute atomic E-state index is 0.0159. The summed E-state index contributed by atoms with van der Waals surface area (Å²) in [6.45, 7) is -0.0159. The van der Waals surface area contributed by atoms with Crippen molar-refractivity contribution >= 4 is 28.7 Å². The van der Waals surface area contributed by atoms with E-state index in [9.17, 15) is 33.4 Å². The van der Waals surface area contributed by atoms with E-state index in [0.29, 0.717) is 6.07 Å². The largest absolute Gasteiger partial charge is 0.477 e. The summed E-state index contributed by atoms with van der Waals surface area (Å²) in [6, 6.07) is 3.13. The third-order valence-corrected chi connectivity index (χ3v) is 4.46. The van der Waals surface area contributed by atoms with Gasteiger partial charge in [-0.2, -0.15) is 0 Å². The first-order valence-electron chi connectivity index (χ1n) is 8.36. The van der Waals surface area contributed by atoms with Crippen molar-refractivity contribution in [1.82, 2.24) is 14.5 Å². The third-order valence-electron chi connectivity index (χ3n) is 4.46. The molecule has 3 aromatic heterocycles. The van der Waals surface area contributed by atoms with Crippen LogP contribution in [0.1, 0.15) is 16.8 Å². The predicted octanol–water partition coefficient (Wildman–Crippen LogP) is 0.855. The number of anilines is 1. The fourth-order valence-electron chi connectivity index (χ4n) is 3.15. The zero-order chi connectivity index (χ0) is 20.9. The molecule has 0 aliphatic carbocycles. The number of amides is 1. The van der Waals surface area contributed by atoms with Gasteiger partial charge in [-0.25, -0.2) is 23.5 Å². The quantitative estimate of drug-likeness (QED) is 0.665. The highest BCUT2D eigenvalue weighted by Crippen LogP contribution is 2.24. The molecule has 29 heavy (non-hydrogen) atoms. The van der Waals surface area contributed by atoms with Crippen molar-refractivity contribution in [3.05, 3.63) is 58.0 Å². The number of aliphatic hydroxyl groups excluding tert-OH is 1. The molecule has 148 valence electrons. The molecule has 9 nitrogen and oxygen atoms in total. The molecule has 0 unspecified atom stereocenters. The Balaban J connectivity index is 2.02. The molecule has 2 N–H and O–H groups in total. The number of hydrogen-bond donors (Lipinski definition) is 2. The van der Waals surface area contributed by atoms with Gasteiger partial charge < -0.3 is 10.2 Å². The van der Waals surface area contributed by atoms with Crippen molar-refractivity contribution in [3.8, 4) is 5.82 Å². The molecular formula is C18H12F2N4O5. The number of carbonyl (C=O) groups is 2. The van der Waals surface area contributed by atoms with E-state index in [1.807, 2.05) is 0 Å². The fraction of sp³-hybridized carbons (Fsp3) is 0.167. The molecule has 1 amide bonds. The first-order chi connectivity index (χ1) is 13.8. The van der Waals surface area contributed by atoms with E-state index < -0.39 is 46.4 Å². The lowest BCUT2D eigenvalue weighted by molar-refractivity contribution is -0.117. The van der Waals surface area contributed by atoms with Crippen LogP contribution in [0.15, 0.2) is 35.4 Å². The molecular weight excluding hydrogens is 390 g/mol. The van der Waals surface area contributed by atoms with Crippen LogP contribution >= 0.6 is 0 Å². The fourth-order valence-corrected chi connectivity index (χ4v) is 3.15. The molecule has 1 aliphatic heterocycles. The summed E-state index contributed by atoms with van der Waals surface area (Å²) in [7, 11) is 0. The Morgan fingerprint density at radius 1 is 1.24 bits per heavy atom. The van der Waals surface area contributed by atoms with Gasteiger partial charge >= 0.3 is 5.97 Å². The van der Waals surface area contributed by atoms with Crippen LogP contribution in [0.25, 0.3) is 16.9 Å². The Labute approximate surface area is 160 Å². The molecule has 0 aromatic carbocycles. The Hall–Kier alpha value is -3.73. The van der Waals surface area contributed by atoms with Crippen molar-refractivity contribution in [2.45, 2.75) is 12.5 Å². The average molecular weight is 402 g/mol. The molecule has 0 radical (unpaired) electrons. The van der Waals surface area contributed by atoms with Gasteiger partial charge in [0.2, 0.25) is 11.3 Å². The third kappa shape index (κ3) is 3.10. The Bertz CT molecular complexity index is 1240. The Kier molecular flexibility index (Phi) is 4.31. The van der Waals surface area contributed by atoms with Gasteiger partial charge in [0.15, 0.2) is 17.3 Å². The summed E-state index contributed by atoms with van der Waals surface area (Å²) >= 11 is 0. The summed E-state index contributed by atoms with van der Waals surface area (Å²) in [5, 5.41) is 18.8. The number of fused-ring (bicyclic) bond motifs is 1. The lowest BCUT2D eigenvalue weighted by atomic mass is 10.2. The van der Waals surface area contributed by atoms with Crippen molar-refractivity contribution in [2.75, 3.05) is 11.4 Å². The number of aromatic nitrogens is 3. The highest BCUT2D eigenvalue weighted by Gasteiger charge is 2.30. The number of carboxylic acids is 1. The van der Waals surface area contributed by atoms with Crippen LogP contribution in [0.2, 0.25) is 0 Å². The molecule has 1 fully saturated rings. The average Bonchev–Trinajstić information content (AvgIpc) is 3.00. The second-order valence-electron chi connectivity index (χ2n) is 6.41. The van der Waals surface area contributed by atoms with Crippen LogP contribution in [-0.4, -0.2) is 49.3 Å². The summed E-state index contributed by atoms with van der Waals surface area (Å²) < 4.78 is 28.5. The number of β-amino-alcohol motifs (C(OH)–C–C–N with tert-alkyl or cyclic N) is 1. The number of nitrogens with zero attached hydrogens (tertiary/aromatic N) is 4. The molecule has 0 spiro atoms. The van der Waals surface area contributed by atoms with E-state index in [1.165, 1.54) is 17.0 Å². The molecule has 4 rings (SSSR count). The zero-order valence-electron chi connectivity index (χ0n) is 14.5. The maximum absolute atomic E-state index is 14.3. The highest BCUT2D eigenvalue weighted by molar-refractivity contribution is 5.97. The van der Waals surface area contributed by atoms with E-state index in [-0.39, 0.29) is 29.8 Å². The van der Waals surface area contributed by atoms with Crippen molar-refractivity contribution in [1.29, 1.82) is 0 Å². The molecule has 11 heteroatoms. The van der Waals surface area contributed by atoms with E-state index in [4.69, 9.17) is 0 Å². The van der Waals surface area contributed by atoms with Gasteiger partial charge in [-0.05, 0) is 12.1 Å². The molecule has 3 aromatic rings. The number of aromatic carboxylic acids is 1. The summed E-state index contributed by atoms with van der Waals surface area (Å²) in [5.74, 6) is -4.39. The van der Waals surface area contributed by atoms with Gasteiger partial charge in [-0.15, -0.1) is 0 Å². The van der Waals surface area contributed by atoms with Crippen LogP contribution in [0, 0.1) is 11.6 Å². The molecule has 4 heterocycles.